The van der Waals surface area contributed by atoms with E-state index in [0.29, 0.717) is 60.8 Å². The van der Waals surface area contributed by atoms with Crippen molar-refractivity contribution < 1.29 is 4.74 Å². The third-order valence-corrected chi connectivity index (χ3v) is 24.3. The molecule has 1 spiro atoms. The quantitative estimate of drug-likeness (QED) is 0.287. The lowest BCUT2D eigenvalue weighted by molar-refractivity contribution is -0.145. The van der Waals surface area contributed by atoms with Gasteiger partial charge in [-0.05, 0) is 434 Å². The summed E-state index contributed by atoms with van der Waals surface area (Å²) in [4.78, 5) is 25.4. The summed E-state index contributed by atoms with van der Waals surface area (Å²) < 4.78 is 5.32. The number of nitrogens with zero attached hydrogens (tertiary/aromatic N) is 10. The zero-order valence-corrected chi connectivity index (χ0v) is 74.8. The number of fused-ring (bicyclic) bond motifs is 3. The van der Waals surface area contributed by atoms with Gasteiger partial charge >= 0.3 is 0 Å². The van der Waals surface area contributed by atoms with E-state index in [-0.39, 0.29) is 0 Å². The minimum Gasteiger partial charge on any atom is -0.380 e. The molecule has 598 valence electrons. The van der Waals surface area contributed by atoms with Crippen molar-refractivity contribution in [2.45, 2.75) is 399 Å². The standard InChI is InChI=1S/C11H21NO.C10H20N2.C10H19N.C10H21N.2C9H19N.C8H17N.C8H19N.C7H15N.C6H15N/c1-10(2,3)12-6-4-11(5-7-12)8-13-9-11;1-10(2,3)12-6-8-4-11-5-9(8)7-12;1-10(2,3)11-7-8-4-5-9(11)6-8;1-10(2,3)11-8-6-4-5-7-9-11;2*1-9(2,3)10-7-5-4-6-8-10;1-8(2,3)9-6-4-5-7-9;1-6-9(7-2)8(3,4)5;1-7(2,3)8-5-4-6-8;1-6(2,3)7(4)5/h4-9H2,1-3H3;8-9,11H,4-7H2,1-3H3;8-9H,4-7H2,1-3H3;4-9H2,1-3H3;2*4-8H2,1-3H3;4-7H2,1-3H3;6-7H2,1-5H3;4-6H2,1-3H3;1-5H3. The second-order valence-corrected chi connectivity index (χ2v) is 42.9. The maximum absolute atomic E-state index is 5.32. The Morgan fingerprint density at radius 2 is 0.620 bits per heavy atom. The average molecular weight is 1410 g/mol. The lowest BCUT2D eigenvalue weighted by atomic mass is 9.76. The fourth-order valence-corrected chi connectivity index (χ4v) is 15.9. The van der Waals surface area contributed by atoms with E-state index in [9.17, 15) is 0 Å². The highest BCUT2D eigenvalue weighted by atomic mass is 16.5. The molecule has 0 aromatic heterocycles. The Kier molecular flexibility index (Phi) is 40.6. The molecule has 4 atom stereocenters. The molecular weight excluding hydrogens is 1230 g/mol. The second kappa shape index (κ2) is 42.5. The molecule has 11 aliphatic rings. The van der Waals surface area contributed by atoms with Crippen LogP contribution >= 0.6 is 0 Å². The van der Waals surface area contributed by atoms with Crippen molar-refractivity contribution in [3.05, 3.63) is 0 Å². The molecule has 0 aromatic carbocycles. The molecule has 1 aliphatic carbocycles. The lowest BCUT2D eigenvalue weighted by Crippen LogP contribution is -2.54. The van der Waals surface area contributed by atoms with E-state index in [1.165, 1.54) is 227 Å². The third kappa shape index (κ3) is 37.1. The van der Waals surface area contributed by atoms with E-state index in [4.69, 9.17) is 4.74 Å². The van der Waals surface area contributed by atoms with Crippen molar-refractivity contribution in [1.29, 1.82) is 0 Å². The van der Waals surface area contributed by atoms with Gasteiger partial charge in [-0.25, -0.2) is 0 Å². The number of rotatable bonds is 2. The Balaban J connectivity index is 0.000000380. The molecule has 0 amide bonds. The van der Waals surface area contributed by atoms with Gasteiger partial charge in [-0.3, -0.25) is 44.1 Å². The van der Waals surface area contributed by atoms with E-state index in [1.54, 1.807) is 0 Å². The topological polar surface area (TPSA) is 53.7 Å². The van der Waals surface area contributed by atoms with Crippen molar-refractivity contribution in [1.82, 2.24) is 54.3 Å². The Bertz CT molecular complexity index is 2010. The summed E-state index contributed by atoms with van der Waals surface area (Å²) in [7, 11) is 4.17. The van der Waals surface area contributed by atoms with Gasteiger partial charge in [0, 0.05) is 86.5 Å². The fourth-order valence-electron chi connectivity index (χ4n) is 15.9. The molecule has 10 heterocycles. The van der Waals surface area contributed by atoms with Crippen LogP contribution in [0.2, 0.25) is 0 Å². The van der Waals surface area contributed by atoms with Gasteiger partial charge in [-0.1, -0.05) is 39.5 Å². The van der Waals surface area contributed by atoms with Gasteiger partial charge in [-0.15, -0.1) is 0 Å². The van der Waals surface area contributed by atoms with Gasteiger partial charge in [0.2, 0.25) is 0 Å². The molecule has 10 aliphatic heterocycles. The highest BCUT2D eigenvalue weighted by molar-refractivity contribution is 4.98. The van der Waals surface area contributed by atoms with Crippen molar-refractivity contribution >= 4 is 0 Å². The Labute approximate surface area is 629 Å². The van der Waals surface area contributed by atoms with Crippen LogP contribution in [0.3, 0.4) is 0 Å². The van der Waals surface area contributed by atoms with Crippen LogP contribution in [-0.2, 0) is 4.74 Å². The summed E-state index contributed by atoms with van der Waals surface area (Å²) in [5.74, 6) is 2.91. The van der Waals surface area contributed by atoms with Crippen molar-refractivity contribution in [2.24, 2.45) is 23.2 Å². The van der Waals surface area contributed by atoms with Crippen molar-refractivity contribution in [3.8, 4) is 0 Å². The van der Waals surface area contributed by atoms with E-state index < -0.39 is 0 Å². The first-order valence-electron chi connectivity index (χ1n) is 42.4. The maximum Gasteiger partial charge on any atom is 0.0545 e. The predicted octanol–water partition coefficient (Wildman–Crippen LogP) is 19.1. The smallest absolute Gasteiger partial charge is 0.0545 e. The highest BCUT2D eigenvalue weighted by Crippen LogP contribution is 2.42. The summed E-state index contributed by atoms with van der Waals surface area (Å²) in [5.41, 5.74) is 4.46. The number of hydrogen-bond acceptors (Lipinski definition) is 12. The summed E-state index contributed by atoms with van der Waals surface area (Å²) in [6, 6.07) is 0.931. The molecular formula is C88H185N11O. The SMILES string of the molecule is CC(C)(C)N1CC2CCC1C2.CC(C)(C)N1CC2CNCC2C1.CC(C)(C)N1CCC1.CC(C)(C)N1CCC2(CC1)COC2.CC(C)(C)N1CCCC1.CC(C)(C)N1CCCCC1.CC(C)(C)N1CCCCC1.CC(C)(C)N1CCCCCC1.CCN(CC)C(C)(C)C.CN(C)C(C)(C)C. The summed E-state index contributed by atoms with van der Waals surface area (Å²) in [6.45, 7) is 99.5. The van der Waals surface area contributed by atoms with E-state index >= 15 is 0 Å². The molecule has 11 rings (SSSR count). The van der Waals surface area contributed by atoms with Crippen LogP contribution in [0.15, 0.2) is 0 Å². The highest BCUT2D eigenvalue weighted by Gasteiger charge is 2.44. The van der Waals surface area contributed by atoms with Gasteiger partial charge in [0.1, 0.15) is 0 Å². The van der Waals surface area contributed by atoms with Crippen LogP contribution in [0, 0.1) is 23.2 Å². The van der Waals surface area contributed by atoms with Gasteiger partial charge in [-0.2, -0.15) is 0 Å². The molecule has 0 aromatic rings. The molecule has 11 fully saturated rings. The molecule has 1 saturated carbocycles. The normalized spacial score (nSPS) is 25.6. The van der Waals surface area contributed by atoms with Crippen molar-refractivity contribution in [3.63, 3.8) is 0 Å². The summed E-state index contributed by atoms with van der Waals surface area (Å²) in [5, 5.41) is 3.47. The van der Waals surface area contributed by atoms with Gasteiger partial charge in [0.15, 0.2) is 0 Å². The van der Waals surface area contributed by atoms with Gasteiger partial charge in [0.05, 0.1) is 13.2 Å². The zero-order chi connectivity index (χ0) is 76.6. The van der Waals surface area contributed by atoms with Gasteiger partial charge < -0.3 is 15.0 Å². The molecule has 12 nitrogen and oxygen atoms in total. The summed E-state index contributed by atoms with van der Waals surface area (Å²) in [6.07, 6.45) is 25.5. The minimum absolute atomic E-state index is 0.333. The van der Waals surface area contributed by atoms with E-state index in [1.807, 2.05) is 0 Å². The third-order valence-electron chi connectivity index (χ3n) is 24.3. The Hall–Kier alpha value is -0.480. The van der Waals surface area contributed by atoms with Crippen LogP contribution in [0.25, 0.3) is 0 Å². The number of likely N-dealkylation sites (tertiary alicyclic amines) is 8. The van der Waals surface area contributed by atoms with Crippen LogP contribution in [0.5, 0.6) is 0 Å². The predicted molar refractivity (Wildman–Crippen MR) is 445 cm³/mol. The first-order chi connectivity index (χ1) is 45.7. The molecule has 0 radical (unpaired) electrons. The fraction of sp³-hybridized carbons (Fsp3) is 1.00. The molecule has 10 saturated heterocycles. The number of nitrogens with one attached hydrogen (secondary N) is 1. The number of ether oxygens (including phenoxy) is 1. The van der Waals surface area contributed by atoms with Crippen molar-refractivity contribution in [2.75, 3.05) is 152 Å². The van der Waals surface area contributed by atoms with Crippen LogP contribution in [0.4, 0.5) is 0 Å². The van der Waals surface area contributed by atoms with Crippen LogP contribution < -0.4 is 5.32 Å². The number of hydrogen-bond donors (Lipinski definition) is 1. The van der Waals surface area contributed by atoms with Gasteiger partial charge in [0.25, 0.3) is 0 Å². The lowest BCUT2D eigenvalue weighted by Gasteiger charge is -2.50. The summed E-state index contributed by atoms with van der Waals surface area (Å²) >= 11 is 0. The average Bonchev–Trinajstić information content (AvgIpc) is 1.24. The molecule has 4 unspecified atom stereocenters. The maximum atomic E-state index is 5.32. The molecule has 12 heteroatoms. The number of piperidine rings is 4. The Morgan fingerprint density at radius 1 is 0.340 bits per heavy atom. The van der Waals surface area contributed by atoms with E-state index in [0.717, 1.165) is 50.1 Å². The first-order valence-corrected chi connectivity index (χ1v) is 42.4. The monoisotopic (exact) mass is 1410 g/mol. The molecule has 100 heavy (non-hydrogen) atoms. The molecule has 1 N–H and O–H groups in total. The zero-order valence-electron chi connectivity index (χ0n) is 74.8. The largest absolute Gasteiger partial charge is 0.380 e. The van der Waals surface area contributed by atoms with Crippen LogP contribution in [-0.4, -0.2) is 262 Å². The minimum atomic E-state index is 0.333. The Morgan fingerprint density at radius 3 is 0.800 bits per heavy atom. The second-order valence-electron chi connectivity index (χ2n) is 42.9. The van der Waals surface area contributed by atoms with E-state index in [2.05, 4.69) is 290 Å². The van der Waals surface area contributed by atoms with Crippen LogP contribution in [0.1, 0.15) is 337 Å². The molecule has 2 bridgehead atoms. The first kappa shape index (κ1) is 95.6.